The van der Waals surface area contributed by atoms with Crippen LogP contribution in [0, 0.1) is 0 Å². The highest BCUT2D eigenvalue weighted by atomic mass is 16.5. The molecule has 390 valence electrons. The van der Waals surface area contributed by atoms with Crippen molar-refractivity contribution in [3.8, 4) is 0 Å². The largest absolute Gasteiger partial charge is 0.466 e. The number of ether oxygens (including phenoxy) is 1. The minimum Gasteiger partial charge on any atom is -0.466 e. The second-order valence-corrected chi connectivity index (χ2v) is 20.3. The number of hydrogen-bond donors (Lipinski definition) is 3. The van der Waals surface area contributed by atoms with Gasteiger partial charge in [-0.25, -0.2) is 0 Å². The van der Waals surface area contributed by atoms with E-state index in [1.165, 1.54) is 218 Å². The van der Waals surface area contributed by atoms with Crippen molar-refractivity contribution < 1.29 is 24.5 Å². The number of unbranched alkanes of at least 4 members (excludes halogenated alkanes) is 40. The third-order valence-electron chi connectivity index (χ3n) is 13.7. The second-order valence-electron chi connectivity index (χ2n) is 20.3. The van der Waals surface area contributed by atoms with Gasteiger partial charge in [-0.15, -0.1) is 0 Å². The van der Waals surface area contributed by atoms with E-state index in [0.717, 1.165) is 70.6 Å². The van der Waals surface area contributed by atoms with Crippen LogP contribution in [0.25, 0.3) is 0 Å². The molecule has 0 fully saturated rings. The van der Waals surface area contributed by atoms with Gasteiger partial charge in [-0.05, 0) is 51.4 Å². The number of aliphatic hydroxyl groups is 2. The number of rotatable bonds is 55. The third kappa shape index (κ3) is 51.7. The molecule has 66 heavy (non-hydrogen) atoms. The Morgan fingerprint density at radius 1 is 0.424 bits per heavy atom. The van der Waals surface area contributed by atoms with Crippen LogP contribution in [-0.2, 0) is 14.3 Å². The van der Waals surface area contributed by atoms with Gasteiger partial charge in [0.05, 0.1) is 25.4 Å². The van der Waals surface area contributed by atoms with Crippen LogP contribution in [0.4, 0.5) is 0 Å². The maximum absolute atomic E-state index is 12.5. The summed E-state index contributed by atoms with van der Waals surface area (Å²) in [4.78, 5) is 24.5. The molecule has 0 aliphatic rings. The van der Waals surface area contributed by atoms with Crippen molar-refractivity contribution in [2.24, 2.45) is 0 Å². The second kappa shape index (κ2) is 55.9. The van der Waals surface area contributed by atoms with Gasteiger partial charge < -0.3 is 20.3 Å². The molecule has 0 aromatic rings. The van der Waals surface area contributed by atoms with E-state index < -0.39 is 12.1 Å². The molecular weight excluding hydrogens is 815 g/mol. The Morgan fingerprint density at radius 2 is 0.788 bits per heavy atom. The molecule has 2 atom stereocenters. The van der Waals surface area contributed by atoms with E-state index in [-0.39, 0.29) is 18.5 Å². The van der Waals surface area contributed by atoms with Gasteiger partial charge in [0, 0.05) is 12.8 Å². The van der Waals surface area contributed by atoms with Crippen LogP contribution in [0.5, 0.6) is 0 Å². The number of amides is 1. The van der Waals surface area contributed by atoms with Gasteiger partial charge in [0.25, 0.3) is 0 Å². The zero-order valence-electron chi connectivity index (χ0n) is 44.4. The van der Waals surface area contributed by atoms with Crippen molar-refractivity contribution in [1.82, 2.24) is 5.32 Å². The quantitative estimate of drug-likeness (QED) is 0.0321. The summed E-state index contributed by atoms with van der Waals surface area (Å²) in [6.07, 6.45) is 67.4. The molecule has 3 N–H and O–H groups in total. The van der Waals surface area contributed by atoms with Gasteiger partial charge in [-0.1, -0.05) is 282 Å². The lowest BCUT2D eigenvalue weighted by molar-refractivity contribution is -0.143. The number of esters is 1. The molecule has 0 aromatic carbocycles. The highest BCUT2D eigenvalue weighted by molar-refractivity contribution is 5.76. The van der Waals surface area contributed by atoms with Crippen molar-refractivity contribution in [2.75, 3.05) is 13.2 Å². The van der Waals surface area contributed by atoms with E-state index in [1.807, 2.05) is 0 Å². The number of carbonyl (C=O) groups is 2. The van der Waals surface area contributed by atoms with Gasteiger partial charge in [-0.3, -0.25) is 9.59 Å². The molecule has 0 radical (unpaired) electrons. The minimum absolute atomic E-state index is 0.0236. The van der Waals surface area contributed by atoms with E-state index in [1.54, 1.807) is 0 Å². The Bertz CT molecular complexity index is 1030. The van der Waals surface area contributed by atoms with Crippen LogP contribution < -0.4 is 5.32 Å². The Kier molecular flexibility index (Phi) is 54.5. The number of aliphatic hydroxyl groups excluding tert-OH is 2. The lowest BCUT2D eigenvalue weighted by atomic mass is 10.0. The molecular formula is C60H115NO5. The Hall–Kier alpha value is -1.66. The molecule has 0 aliphatic heterocycles. The first-order valence-electron chi connectivity index (χ1n) is 29.6. The number of hydrogen-bond acceptors (Lipinski definition) is 5. The highest BCUT2D eigenvalue weighted by Gasteiger charge is 2.20. The molecule has 0 rings (SSSR count). The average molecular weight is 931 g/mol. The topological polar surface area (TPSA) is 95.9 Å². The molecule has 1 amide bonds. The monoisotopic (exact) mass is 930 g/mol. The standard InChI is InChI=1S/C60H115NO5/c1-3-5-7-9-11-13-15-17-18-19-20-21-22-23-24-25-26-27-29-32-36-40-44-48-52-58(63)57(56-62)61-59(64)53-49-45-41-37-33-30-31-35-39-43-47-51-55-66-60(65)54-50-46-42-38-34-28-16-14-12-10-8-6-4-2/h8,10,14,16,57-58,62-63H,3-7,9,11-13,15,17-56H2,1-2H3,(H,61,64)/b10-8-,16-14-. The molecule has 0 bridgehead atoms. The smallest absolute Gasteiger partial charge is 0.305 e. The van der Waals surface area contributed by atoms with Crippen LogP contribution >= 0.6 is 0 Å². The first-order chi connectivity index (χ1) is 32.5. The van der Waals surface area contributed by atoms with E-state index in [2.05, 4.69) is 43.5 Å². The van der Waals surface area contributed by atoms with E-state index in [9.17, 15) is 19.8 Å². The normalized spacial score (nSPS) is 12.7. The van der Waals surface area contributed by atoms with Crippen molar-refractivity contribution in [2.45, 2.75) is 334 Å². The molecule has 0 heterocycles. The fourth-order valence-electron chi connectivity index (χ4n) is 9.21. The zero-order chi connectivity index (χ0) is 47.9. The third-order valence-corrected chi connectivity index (χ3v) is 13.7. The summed E-state index contributed by atoms with van der Waals surface area (Å²) in [7, 11) is 0. The first kappa shape index (κ1) is 64.3. The summed E-state index contributed by atoms with van der Waals surface area (Å²) in [5.41, 5.74) is 0. The maximum Gasteiger partial charge on any atom is 0.305 e. The fraction of sp³-hybridized carbons (Fsp3) is 0.900. The van der Waals surface area contributed by atoms with Crippen LogP contribution in [0.1, 0.15) is 322 Å². The van der Waals surface area contributed by atoms with Gasteiger partial charge in [-0.2, -0.15) is 0 Å². The number of carbonyl (C=O) groups excluding carboxylic acids is 2. The Morgan fingerprint density at radius 3 is 1.21 bits per heavy atom. The molecule has 6 heteroatoms. The lowest BCUT2D eigenvalue weighted by Crippen LogP contribution is -2.45. The molecule has 2 unspecified atom stereocenters. The molecule has 6 nitrogen and oxygen atoms in total. The van der Waals surface area contributed by atoms with Crippen molar-refractivity contribution >= 4 is 11.9 Å². The average Bonchev–Trinajstić information content (AvgIpc) is 3.32. The molecule has 0 spiro atoms. The first-order valence-corrected chi connectivity index (χ1v) is 29.6. The molecule has 0 aromatic heterocycles. The lowest BCUT2D eigenvalue weighted by Gasteiger charge is -2.22. The Balaban J connectivity index is 3.45. The fourth-order valence-corrected chi connectivity index (χ4v) is 9.21. The molecule has 0 saturated carbocycles. The van der Waals surface area contributed by atoms with Gasteiger partial charge in [0.1, 0.15) is 0 Å². The highest BCUT2D eigenvalue weighted by Crippen LogP contribution is 2.18. The summed E-state index contributed by atoms with van der Waals surface area (Å²) in [6.45, 7) is 4.87. The predicted molar refractivity (Wildman–Crippen MR) is 287 cm³/mol. The van der Waals surface area contributed by atoms with Crippen molar-refractivity contribution in [1.29, 1.82) is 0 Å². The van der Waals surface area contributed by atoms with Crippen LogP contribution in [0.3, 0.4) is 0 Å². The maximum atomic E-state index is 12.5. The van der Waals surface area contributed by atoms with E-state index in [0.29, 0.717) is 25.9 Å². The summed E-state index contributed by atoms with van der Waals surface area (Å²) in [6, 6.07) is -0.555. The zero-order valence-corrected chi connectivity index (χ0v) is 44.4. The van der Waals surface area contributed by atoms with Crippen molar-refractivity contribution in [3.05, 3.63) is 24.3 Å². The summed E-state index contributed by atoms with van der Waals surface area (Å²) < 4.78 is 5.45. The number of nitrogens with one attached hydrogen (secondary N) is 1. The van der Waals surface area contributed by atoms with Crippen LogP contribution in [0.15, 0.2) is 24.3 Å². The van der Waals surface area contributed by atoms with E-state index >= 15 is 0 Å². The van der Waals surface area contributed by atoms with Gasteiger partial charge >= 0.3 is 5.97 Å². The SMILES string of the molecule is CCC/C=C\C/C=C\CCCCCCCC(=O)OCCCCCCCCCCCCCCC(=O)NC(CO)C(O)CCCCCCCCCCCCCCCCCCCCCCCCCC. The van der Waals surface area contributed by atoms with Gasteiger partial charge in [0.15, 0.2) is 0 Å². The van der Waals surface area contributed by atoms with Crippen LogP contribution in [-0.4, -0.2) is 47.4 Å². The summed E-state index contributed by atoms with van der Waals surface area (Å²) in [5.74, 6) is -0.0719. The minimum atomic E-state index is -0.676. The molecule has 0 aliphatic carbocycles. The summed E-state index contributed by atoms with van der Waals surface area (Å²) in [5, 5.41) is 23.4. The van der Waals surface area contributed by atoms with Gasteiger partial charge in [0.2, 0.25) is 5.91 Å². The van der Waals surface area contributed by atoms with Crippen molar-refractivity contribution in [3.63, 3.8) is 0 Å². The predicted octanol–water partition coefficient (Wildman–Crippen LogP) is 18.2. The Labute approximate surface area is 411 Å². The number of allylic oxidation sites excluding steroid dienone is 4. The summed E-state index contributed by atoms with van der Waals surface area (Å²) >= 11 is 0. The molecule has 0 saturated heterocycles. The van der Waals surface area contributed by atoms with Crippen LogP contribution in [0.2, 0.25) is 0 Å². The van der Waals surface area contributed by atoms with E-state index in [4.69, 9.17) is 4.74 Å².